The highest BCUT2D eigenvalue weighted by Crippen LogP contribution is 2.41. The number of amides is 1. The summed E-state index contributed by atoms with van der Waals surface area (Å²) < 4.78 is 26.9. The number of carbonyl (C=O) groups is 1. The topological polar surface area (TPSA) is 78.5 Å². The summed E-state index contributed by atoms with van der Waals surface area (Å²) in [5.41, 5.74) is 1.74. The predicted molar refractivity (Wildman–Crippen MR) is 97.1 cm³/mol. The van der Waals surface area contributed by atoms with Gasteiger partial charge in [0.2, 0.25) is 5.91 Å². The molecule has 0 aliphatic carbocycles. The SMILES string of the molecule is O=C(CN1c2cccc3cccc(c23)S1(=O)=O)NCC1=CCNCC1. The largest absolute Gasteiger partial charge is 0.351 e. The highest BCUT2D eigenvalue weighted by molar-refractivity contribution is 7.93. The highest BCUT2D eigenvalue weighted by Gasteiger charge is 2.36. The van der Waals surface area contributed by atoms with Gasteiger partial charge in [-0.25, -0.2) is 8.42 Å². The fourth-order valence-electron chi connectivity index (χ4n) is 3.36. The lowest BCUT2D eigenvalue weighted by Crippen LogP contribution is -2.40. The van der Waals surface area contributed by atoms with Gasteiger partial charge in [-0.3, -0.25) is 9.10 Å². The fourth-order valence-corrected chi connectivity index (χ4v) is 5.02. The molecule has 2 aliphatic heterocycles. The zero-order valence-electron chi connectivity index (χ0n) is 13.7. The Bertz CT molecular complexity index is 977. The molecule has 0 atom stereocenters. The molecule has 130 valence electrons. The molecule has 0 fully saturated rings. The monoisotopic (exact) mass is 357 g/mol. The molecule has 0 saturated carbocycles. The van der Waals surface area contributed by atoms with Gasteiger partial charge in [0.1, 0.15) is 6.54 Å². The van der Waals surface area contributed by atoms with E-state index in [9.17, 15) is 13.2 Å². The molecule has 0 unspecified atom stereocenters. The summed E-state index contributed by atoms with van der Waals surface area (Å²) in [6.07, 6.45) is 2.96. The number of anilines is 1. The van der Waals surface area contributed by atoms with Crippen molar-refractivity contribution in [1.29, 1.82) is 0 Å². The van der Waals surface area contributed by atoms with Crippen molar-refractivity contribution in [3.63, 3.8) is 0 Å². The van der Waals surface area contributed by atoms with E-state index < -0.39 is 10.0 Å². The molecule has 2 aliphatic rings. The van der Waals surface area contributed by atoms with Crippen LogP contribution in [0.15, 0.2) is 52.9 Å². The number of nitrogens with zero attached hydrogens (tertiary/aromatic N) is 1. The van der Waals surface area contributed by atoms with E-state index in [1.54, 1.807) is 18.2 Å². The van der Waals surface area contributed by atoms with E-state index in [0.29, 0.717) is 17.6 Å². The molecule has 2 aromatic carbocycles. The van der Waals surface area contributed by atoms with Crippen LogP contribution < -0.4 is 14.9 Å². The zero-order chi connectivity index (χ0) is 17.4. The third-order valence-corrected chi connectivity index (χ3v) is 6.44. The minimum Gasteiger partial charge on any atom is -0.351 e. The summed E-state index contributed by atoms with van der Waals surface area (Å²) in [4.78, 5) is 12.6. The van der Waals surface area contributed by atoms with Crippen LogP contribution >= 0.6 is 0 Å². The molecule has 2 heterocycles. The maximum atomic E-state index is 12.8. The van der Waals surface area contributed by atoms with Crippen molar-refractivity contribution in [3.05, 3.63) is 48.0 Å². The molecule has 4 rings (SSSR count). The first kappa shape index (κ1) is 16.1. The van der Waals surface area contributed by atoms with Gasteiger partial charge in [0.25, 0.3) is 10.0 Å². The van der Waals surface area contributed by atoms with Crippen LogP contribution in [0.4, 0.5) is 5.69 Å². The molecule has 1 amide bonds. The fraction of sp³-hybridized carbons (Fsp3) is 0.278. The Morgan fingerprint density at radius 1 is 1.20 bits per heavy atom. The molecule has 2 N–H and O–H groups in total. The summed E-state index contributed by atoms with van der Waals surface area (Å²) in [6, 6.07) is 10.6. The Labute approximate surface area is 146 Å². The number of carbonyl (C=O) groups excluding carboxylic acids is 1. The van der Waals surface area contributed by atoms with E-state index in [2.05, 4.69) is 16.7 Å². The van der Waals surface area contributed by atoms with Crippen LogP contribution in [0.3, 0.4) is 0 Å². The van der Waals surface area contributed by atoms with Crippen LogP contribution in [-0.4, -0.2) is 40.5 Å². The lowest BCUT2D eigenvalue weighted by molar-refractivity contribution is -0.119. The van der Waals surface area contributed by atoms with Crippen LogP contribution in [0.5, 0.6) is 0 Å². The molecule has 2 aromatic rings. The van der Waals surface area contributed by atoms with Crippen molar-refractivity contribution in [1.82, 2.24) is 10.6 Å². The van der Waals surface area contributed by atoms with E-state index in [-0.39, 0.29) is 17.3 Å². The Balaban J connectivity index is 1.56. The average Bonchev–Trinajstić information content (AvgIpc) is 2.84. The first-order valence-corrected chi connectivity index (χ1v) is 9.71. The molecule has 0 spiro atoms. The number of sulfonamides is 1. The van der Waals surface area contributed by atoms with Crippen molar-refractivity contribution in [3.8, 4) is 0 Å². The molecule has 25 heavy (non-hydrogen) atoms. The number of rotatable bonds is 4. The van der Waals surface area contributed by atoms with E-state index in [1.165, 1.54) is 9.88 Å². The number of hydrogen-bond acceptors (Lipinski definition) is 4. The maximum Gasteiger partial charge on any atom is 0.265 e. The molecular formula is C18H19N3O3S. The molecular weight excluding hydrogens is 338 g/mol. The highest BCUT2D eigenvalue weighted by atomic mass is 32.2. The van der Waals surface area contributed by atoms with Gasteiger partial charge >= 0.3 is 0 Å². The second kappa shape index (κ2) is 6.16. The molecule has 0 aromatic heterocycles. The van der Waals surface area contributed by atoms with E-state index in [0.717, 1.165) is 24.9 Å². The van der Waals surface area contributed by atoms with Crippen molar-refractivity contribution in [2.24, 2.45) is 0 Å². The molecule has 7 heteroatoms. The third kappa shape index (κ3) is 2.79. The van der Waals surface area contributed by atoms with Crippen molar-refractivity contribution < 1.29 is 13.2 Å². The minimum atomic E-state index is -3.69. The van der Waals surface area contributed by atoms with Crippen molar-refractivity contribution in [2.45, 2.75) is 11.3 Å². The first-order valence-electron chi connectivity index (χ1n) is 8.27. The smallest absolute Gasteiger partial charge is 0.265 e. The van der Waals surface area contributed by atoms with Crippen LogP contribution in [0.25, 0.3) is 10.8 Å². The average molecular weight is 357 g/mol. The number of hydrogen-bond donors (Lipinski definition) is 2. The van der Waals surface area contributed by atoms with Gasteiger partial charge in [-0.15, -0.1) is 0 Å². The van der Waals surface area contributed by atoms with Crippen LogP contribution in [-0.2, 0) is 14.8 Å². The normalized spacial score (nSPS) is 18.2. The van der Waals surface area contributed by atoms with Gasteiger partial charge < -0.3 is 10.6 Å². The van der Waals surface area contributed by atoms with Crippen molar-refractivity contribution in [2.75, 3.05) is 30.5 Å². The quantitative estimate of drug-likeness (QED) is 0.811. The molecule has 6 nitrogen and oxygen atoms in total. The lowest BCUT2D eigenvalue weighted by Gasteiger charge is -2.19. The van der Waals surface area contributed by atoms with Gasteiger partial charge in [-0.1, -0.05) is 35.9 Å². The standard InChI is InChI=1S/C18H19N3O3S/c22-17(20-11-13-7-9-19-10-8-13)12-21-15-5-1-3-14-4-2-6-16(18(14)15)25(21,23)24/h1-7,19H,8-12H2,(H,20,22). The van der Waals surface area contributed by atoms with Gasteiger partial charge in [-0.2, -0.15) is 0 Å². The lowest BCUT2D eigenvalue weighted by atomic mass is 10.1. The second-order valence-corrected chi connectivity index (χ2v) is 8.07. The summed E-state index contributed by atoms with van der Waals surface area (Å²) in [5, 5.41) is 7.61. The maximum absolute atomic E-state index is 12.8. The van der Waals surface area contributed by atoms with Crippen LogP contribution in [0.1, 0.15) is 6.42 Å². The minimum absolute atomic E-state index is 0.207. The van der Waals surface area contributed by atoms with E-state index >= 15 is 0 Å². The Morgan fingerprint density at radius 3 is 2.76 bits per heavy atom. The van der Waals surface area contributed by atoms with E-state index in [4.69, 9.17) is 0 Å². The summed E-state index contributed by atoms with van der Waals surface area (Å²) in [5.74, 6) is -0.298. The Hall–Kier alpha value is -2.38. The summed E-state index contributed by atoms with van der Waals surface area (Å²) in [6.45, 7) is 1.97. The van der Waals surface area contributed by atoms with Gasteiger partial charge in [0.05, 0.1) is 10.6 Å². The third-order valence-electron chi connectivity index (χ3n) is 4.64. The molecule has 0 bridgehead atoms. The number of benzene rings is 2. The molecule has 0 saturated heterocycles. The van der Waals surface area contributed by atoms with E-state index in [1.807, 2.05) is 18.2 Å². The number of nitrogens with one attached hydrogen (secondary N) is 2. The van der Waals surface area contributed by atoms with Crippen LogP contribution in [0.2, 0.25) is 0 Å². The second-order valence-electron chi connectivity index (χ2n) is 6.24. The zero-order valence-corrected chi connectivity index (χ0v) is 14.5. The van der Waals surface area contributed by atoms with Crippen LogP contribution in [0, 0.1) is 0 Å². The van der Waals surface area contributed by atoms with Gasteiger partial charge in [-0.05, 0) is 30.5 Å². The predicted octanol–water partition coefficient (Wildman–Crippen LogP) is 1.38. The van der Waals surface area contributed by atoms with Gasteiger partial charge in [0, 0.05) is 18.5 Å². The Kier molecular flexibility index (Phi) is 3.97. The summed E-state index contributed by atoms with van der Waals surface area (Å²) in [7, 11) is -3.69. The Morgan fingerprint density at radius 2 is 2.00 bits per heavy atom. The first-order chi connectivity index (χ1) is 12.1. The molecule has 0 radical (unpaired) electrons. The van der Waals surface area contributed by atoms with Crippen molar-refractivity contribution >= 4 is 32.4 Å². The summed E-state index contributed by atoms with van der Waals surface area (Å²) >= 11 is 0. The van der Waals surface area contributed by atoms with Gasteiger partial charge in [0.15, 0.2) is 0 Å².